The quantitative estimate of drug-likeness (QED) is 0.751. The van der Waals surface area contributed by atoms with E-state index in [4.69, 9.17) is 0 Å². The van der Waals surface area contributed by atoms with Crippen molar-refractivity contribution >= 4 is 34.7 Å². The van der Waals surface area contributed by atoms with Gasteiger partial charge in [0.05, 0.1) is 11.6 Å². The molecule has 2 heterocycles. The summed E-state index contributed by atoms with van der Waals surface area (Å²) in [6.45, 7) is 0.161. The van der Waals surface area contributed by atoms with E-state index in [9.17, 15) is 14.0 Å². The van der Waals surface area contributed by atoms with Crippen molar-refractivity contribution in [3.05, 3.63) is 59.7 Å². The summed E-state index contributed by atoms with van der Waals surface area (Å²) in [5, 5.41) is 8.66. The predicted octanol–water partition coefficient (Wildman–Crippen LogP) is 3.34. The van der Waals surface area contributed by atoms with Crippen molar-refractivity contribution in [1.29, 1.82) is 0 Å². The number of carbonyl (C=O) groups excluding carboxylic acids is 2. The van der Waals surface area contributed by atoms with Crippen LogP contribution in [0.4, 0.5) is 15.8 Å². The van der Waals surface area contributed by atoms with Crippen molar-refractivity contribution in [2.45, 2.75) is 6.42 Å². The topological polar surface area (TPSA) is 75.2 Å². The van der Waals surface area contributed by atoms with Crippen LogP contribution in [0.3, 0.4) is 0 Å². The minimum absolute atomic E-state index is 0.0583. The molecule has 0 saturated carbocycles. The standard InChI is InChI=1S/C19H15FN4O2S/c20-15-3-1-2-4-17(15)24-10-13(9-18(24)25)19(26)21-14-7-5-12(6-8-14)16-11-27-23-22-16/h1-8,11,13H,9-10H2,(H,21,26). The number of hydrogen-bond acceptors (Lipinski definition) is 5. The number of benzene rings is 2. The first kappa shape index (κ1) is 17.3. The first-order chi connectivity index (χ1) is 13.1. The van der Waals surface area contributed by atoms with E-state index in [1.807, 2.05) is 17.5 Å². The number of halogens is 1. The molecule has 1 atom stereocenters. The molecule has 1 unspecified atom stereocenters. The highest BCUT2D eigenvalue weighted by molar-refractivity contribution is 7.03. The van der Waals surface area contributed by atoms with E-state index in [0.29, 0.717) is 5.69 Å². The van der Waals surface area contributed by atoms with Crippen LogP contribution < -0.4 is 10.2 Å². The van der Waals surface area contributed by atoms with E-state index in [2.05, 4.69) is 14.9 Å². The van der Waals surface area contributed by atoms with Gasteiger partial charge in [0.25, 0.3) is 0 Å². The highest BCUT2D eigenvalue weighted by Crippen LogP contribution is 2.28. The van der Waals surface area contributed by atoms with E-state index in [0.717, 1.165) is 11.3 Å². The van der Waals surface area contributed by atoms with Crippen LogP contribution in [0.15, 0.2) is 53.9 Å². The molecule has 2 amide bonds. The summed E-state index contributed by atoms with van der Waals surface area (Å²) in [6, 6.07) is 13.3. The number of anilines is 2. The maximum Gasteiger partial charge on any atom is 0.229 e. The molecule has 3 aromatic rings. The van der Waals surface area contributed by atoms with E-state index in [1.54, 1.807) is 30.3 Å². The lowest BCUT2D eigenvalue weighted by Crippen LogP contribution is -2.28. The molecule has 136 valence electrons. The summed E-state index contributed by atoms with van der Waals surface area (Å²) in [5.74, 6) is -1.52. The van der Waals surface area contributed by atoms with Gasteiger partial charge in [0.2, 0.25) is 11.8 Å². The number of aromatic nitrogens is 2. The Labute approximate surface area is 158 Å². The van der Waals surface area contributed by atoms with Gasteiger partial charge >= 0.3 is 0 Å². The summed E-state index contributed by atoms with van der Waals surface area (Å²) in [4.78, 5) is 26.1. The predicted molar refractivity (Wildman–Crippen MR) is 101 cm³/mol. The third-order valence-electron chi connectivity index (χ3n) is 4.45. The smallest absolute Gasteiger partial charge is 0.229 e. The highest BCUT2D eigenvalue weighted by atomic mass is 32.1. The van der Waals surface area contributed by atoms with Crippen molar-refractivity contribution in [1.82, 2.24) is 9.59 Å². The van der Waals surface area contributed by atoms with Crippen molar-refractivity contribution in [3.63, 3.8) is 0 Å². The zero-order valence-electron chi connectivity index (χ0n) is 14.1. The number of nitrogens with one attached hydrogen (secondary N) is 1. The third kappa shape index (κ3) is 3.56. The molecule has 0 aliphatic carbocycles. The molecule has 4 rings (SSSR count). The van der Waals surface area contributed by atoms with Crippen LogP contribution in [0.2, 0.25) is 0 Å². The van der Waals surface area contributed by atoms with Crippen LogP contribution in [-0.4, -0.2) is 27.9 Å². The SMILES string of the molecule is O=C(Nc1ccc(-c2csnn2)cc1)C1CC(=O)N(c2ccccc2F)C1. The largest absolute Gasteiger partial charge is 0.326 e. The molecule has 1 fully saturated rings. The fourth-order valence-electron chi connectivity index (χ4n) is 3.05. The lowest BCUT2D eigenvalue weighted by Gasteiger charge is -2.17. The van der Waals surface area contributed by atoms with Gasteiger partial charge in [0.1, 0.15) is 11.5 Å². The van der Waals surface area contributed by atoms with Crippen molar-refractivity contribution in [2.24, 2.45) is 5.92 Å². The van der Waals surface area contributed by atoms with Gasteiger partial charge in [-0.2, -0.15) is 0 Å². The van der Waals surface area contributed by atoms with E-state index in [-0.39, 0.29) is 30.5 Å². The molecule has 0 spiro atoms. The Morgan fingerprint density at radius 3 is 2.67 bits per heavy atom. The minimum atomic E-state index is -0.528. The molecule has 0 bridgehead atoms. The average Bonchev–Trinajstić information content (AvgIpc) is 3.33. The van der Waals surface area contributed by atoms with Crippen LogP contribution >= 0.6 is 11.5 Å². The van der Waals surface area contributed by atoms with Crippen LogP contribution in [0.25, 0.3) is 11.3 Å². The Hall–Kier alpha value is -3.13. The fraction of sp³-hybridized carbons (Fsp3) is 0.158. The Balaban J connectivity index is 1.43. The fourth-order valence-corrected chi connectivity index (χ4v) is 3.51. The van der Waals surface area contributed by atoms with Gasteiger partial charge in [-0.05, 0) is 35.8 Å². The number of hydrogen-bond donors (Lipinski definition) is 1. The maximum atomic E-state index is 13.9. The molecule has 1 aliphatic rings. The maximum absolute atomic E-state index is 13.9. The van der Waals surface area contributed by atoms with Gasteiger partial charge in [-0.25, -0.2) is 4.39 Å². The van der Waals surface area contributed by atoms with Gasteiger partial charge in [-0.1, -0.05) is 28.8 Å². The van der Waals surface area contributed by atoms with Crippen LogP contribution in [0.1, 0.15) is 6.42 Å². The summed E-state index contributed by atoms with van der Waals surface area (Å²) in [5.41, 5.74) is 2.52. The normalized spacial score (nSPS) is 16.6. The van der Waals surface area contributed by atoms with Crippen LogP contribution in [-0.2, 0) is 9.59 Å². The number of rotatable bonds is 4. The second kappa shape index (κ2) is 7.24. The summed E-state index contributed by atoms with van der Waals surface area (Å²) in [6.07, 6.45) is 0.0583. The number of nitrogens with zero attached hydrogens (tertiary/aromatic N) is 3. The zero-order chi connectivity index (χ0) is 18.8. The van der Waals surface area contributed by atoms with Gasteiger partial charge in [0, 0.05) is 29.6 Å². The third-order valence-corrected chi connectivity index (χ3v) is 4.95. The van der Waals surface area contributed by atoms with Gasteiger partial charge in [0.15, 0.2) is 0 Å². The molecule has 2 aromatic carbocycles. The number of para-hydroxylation sites is 1. The van der Waals surface area contributed by atoms with E-state index in [1.165, 1.54) is 22.5 Å². The summed E-state index contributed by atoms with van der Waals surface area (Å²) < 4.78 is 17.8. The molecule has 1 aromatic heterocycles. The molecule has 6 nitrogen and oxygen atoms in total. The second-order valence-electron chi connectivity index (χ2n) is 6.21. The van der Waals surface area contributed by atoms with Crippen molar-refractivity contribution in [3.8, 4) is 11.3 Å². The van der Waals surface area contributed by atoms with Gasteiger partial charge in [-0.3, -0.25) is 9.59 Å². The van der Waals surface area contributed by atoms with E-state index >= 15 is 0 Å². The number of carbonyl (C=O) groups is 2. The Morgan fingerprint density at radius 1 is 1.19 bits per heavy atom. The highest BCUT2D eigenvalue weighted by Gasteiger charge is 2.36. The summed E-state index contributed by atoms with van der Waals surface area (Å²) >= 11 is 1.27. The molecular weight excluding hydrogens is 367 g/mol. The van der Waals surface area contributed by atoms with E-state index < -0.39 is 11.7 Å². The van der Waals surface area contributed by atoms with Gasteiger partial charge < -0.3 is 10.2 Å². The molecular formula is C19H15FN4O2S. The zero-order valence-corrected chi connectivity index (χ0v) is 14.9. The molecule has 1 aliphatic heterocycles. The molecule has 8 heteroatoms. The Kier molecular flexibility index (Phi) is 4.64. The van der Waals surface area contributed by atoms with Crippen molar-refractivity contribution < 1.29 is 14.0 Å². The van der Waals surface area contributed by atoms with Crippen molar-refractivity contribution in [2.75, 3.05) is 16.8 Å². The molecule has 1 saturated heterocycles. The Morgan fingerprint density at radius 2 is 1.96 bits per heavy atom. The number of amides is 2. The lowest BCUT2D eigenvalue weighted by atomic mass is 10.1. The molecule has 27 heavy (non-hydrogen) atoms. The monoisotopic (exact) mass is 382 g/mol. The average molecular weight is 382 g/mol. The van der Waals surface area contributed by atoms with Crippen LogP contribution in [0, 0.1) is 11.7 Å². The second-order valence-corrected chi connectivity index (χ2v) is 6.82. The first-order valence-corrected chi connectivity index (χ1v) is 9.19. The molecule has 0 radical (unpaired) electrons. The molecule has 1 N–H and O–H groups in total. The Bertz CT molecular complexity index is 976. The van der Waals surface area contributed by atoms with Crippen LogP contribution in [0.5, 0.6) is 0 Å². The summed E-state index contributed by atoms with van der Waals surface area (Å²) in [7, 11) is 0. The first-order valence-electron chi connectivity index (χ1n) is 8.35. The van der Waals surface area contributed by atoms with Gasteiger partial charge in [-0.15, -0.1) is 5.10 Å². The minimum Gasteiger partial charge on any atom is -0.326 e. The lowest BCUT2D eigenvalue weighted by molar-refractivity contribution is -0.122.